The molecule has 0 heterocycles. The standard InChI is InChI=1S/C21H19NO2.C13H15N.C11H11IO2.C10H12BrN.C8H8BrNO.C7H8BrN.C5H10Si.CH2O2.5CH4/c1-22(19-12-13-19)20-4-2-3-18(15-20)10-9-16-5-7-17(8-6-16)11-14-21(23)24;1-4-11-9-13(6-5-10(11)2)14(3)12-7-8-12;1-2-14-11(13)8-5-9-3-6-10(12)7-4-9;1-12(9-5-6-9)10-4-2-3-8(11)7-10;1-10(6-11)8-4-2-3-7(9)5-8;1-9-7-4-2-3-6(8)5-7;1-5-6(2,3)4;2-1-3;;;;;/h2-8,11,14-15,19H,12-13H2,1H3,(H,23,24);1,5-6,9,12H,7-8H2,2-3H3;3-8H,2H2,1H3;2-4,7,9H,5-6H2,1H3;2-6H,1H3;2-5,9H,1H3;1H,2-4H3;1H,(H,2,3);5*1H4/b14-11+;;8-5-;;;;;;;;;;. The van der Waals surface area contributed by atoms with Gasteiger partial charge in [-0.2, -0.15) is 0 Å². The lowest BCUT2D eigenvalue weighted by Crippen LogP contribution is -2.19. The number of terminal acetylenes is 2. The zero-order valence-electron chi connectivity index (χ0n) is 54.6. The molecule has 0 aromatic heterocycles. The van der Waals surface area contributed by atoms with Crippen LogP contribution in [0.2, 0.25) is 19.6 Å². The molecule has 98 heavy (non-hydrogen) atoms. The predicted molar refractivity (Wildman–Crippen MR) is 445 cm³/mol. The number of carbonyl (C=O) groups is 4. The summed E-state index contributed by atoms with van der Waals surface area (Å²) >= 11 is 12.4. The summed E-state index contributed by atoms with van der Waals surface area (Å²) in [5.41, 5.74) is 14.4. The molecule has 12 nitrogen and oxygen atoms in total. The van der Waals surface area contributed by atoms with Gasteiger partial charge in [0.2, 0.25) is 6.41 Å². The summed E-state index contributed by atoms with van der Waals surface area (Å²) in [5, 5.41) is 18.6. The second kappa shape index (κ2) is 51.4. The number of esters is 1. The van der Waals surface area contributed by atoms with E-state index in [4.69, 9.17) is 32.6 Å². The zero-order valence-corrected chi connectivity index (χ0v) is 62.5. The number of hydrogen-bond donors (Lipinski definition) is 3. The lowest BCUT2D eigenvalue weighted by Gasteiger charge is -2.19. The van der Waals surface area contributed by atoms with Crippen molar-refractivity contribution in [2.75, 3.05) is 66.8 Å². The second-order valence-electron chi connectivity index (χ2n) is 22.3. The van der Waals surface area contributed by atoms with E-state index in [1.807, 2.05) is 116 Å². The molecule has 3 aliphatic rings. The number of benzene rings is 7. The third-order valence-corrected chi connectivity index (χ3v) is 16.8. The van der Waals surface area contributed by atoms with Crippen LogP contribution >= 0.6 is 70.4 Å². The van der Waals surface area contributed by atoms with Crippen molar-refractivity contribution in [3.63, 3.8) is 0 Å². The molecule has 17 heteroatoms. The first kappa shape index (κ1) is 94.4. The smallest absolute Gasteiger partial charge is 0.330 e. The number of anilines is 5. The third-order valence-electron chi connectivity index (χ3n) is 13.7. The number of rotatable bonds is 14. The van der Waals surface area contributed by atoms with E-state index < -0.39 is 14.0 Å². The van der Waals surface area contributed by atoms with Crippen molar-refractivity contribution in [2.24, 2.45) is 0 Å². The highest BCUT2D eigenvalue weighted by molar-refractivity contribution is 14.1. The number of halogens is 4. The number of hydrogen-bond acceptors (Lipinski definition) is 9. The monoisotopic (exact) mass is 1650 g/mol. The van der Waals surface area contributed by atoms with Crippen LogP contribution in [0.3, 0.4) is 0 Å². The third kappa shape index (κ3) is 40.2. The molecule has 1 amide bonds. The lowest BCUT2D eigenvalue weighted by molar-refractivity contribution is -0.137. The Bertz CT molecular complexity index is 3670. The van der Waals surface area contributed by atoms with Crippen LogP contribution < -0.4 is 24.9 Å². The number of nitrogens with zero attached hydrogens (tertiary/aromatic N) is 4. The van der Waals surface area contributed by atoms with Gasteiger partial charge in [0.05, 0.1) is 6.61 Å². The fourth-order valence-corrected chi connectivity index (χ4v) is 9.35. The summed E-state index contributed by atoms with van der Waals surface area (Å²) < 4.78 is 9.18. The highest BCUT2D eigenvalue weighted by Crippen LogP contribution is 2.33. The Hall–Kier alpha value is -7.83. The number of ether oxygens (including phenoxy) is 1. The van der Waals surface area contributed by atoms with E-state index in [9.17, 15) is 14.4 Å². The van der Waals surface area contributed by atoms with E-state index in [-0.39, 0.29) is 49.6 Å². The van der Waals surface area contributed by atoms with E-state index in [1.54, 1.807) is 26.1 Å². The van der Waals surface area contributed by atoms with Crippen LogP contribution in [0, 0.1) is 46.6 Å². The van der Waals surface area contributed by atoms with E-state index in [0.717, 1.165) is 77.2 Å². The van der Waals surface area contributed by atoms with Gasteiger partial charge in [0.15, 0.2) is 0 Å². The van der Waals surface area contributed by atoms with Crippen molar-refractivity contribution < 1.29 is 34.1 Å². The molecule has 0 radical (unpaired) electrons. The molecule has 0 unspecified atom stereocenters. The summed E-state index contributed by atoms with van der Waals surface area (Å²) in [4.78, 5) is 48.7. The second-order valence-corrected chi connectivity index (χ2v) is 31.1. The molecular formula is C81H105Br3IN5O7Si. The van der Waals surface area contributed by atoms with Crippen molar-refractivity contribution in [1.29, 1.82) is 0 Å². The van der Waals surface area contributed by atoms with Crippen molar-refractivity contribution in [1.82, 2.24) is 0 Å². The maximum absolute atomic E-state index is 11.0. The van der Waals surface area contributed by atoms with Gasteiger partial charge < -0.3 is 39.9 Å². The molecule has 0 aliphatic heterocycles. The van der Waals surface area contributed by atoms with Gasteiger partial charge in [-0.15, -0.1) is 18.4 Å². The van der Waals surface area contributed by atoms with Gasteiger partial charge in [0.25, 0.3) is 6.47 Å². The maximum atomic E-state index is 11.0. The minimum atomic E-state index is -1.10. The molecule has 10 rings (SSSR count). The van der Waals surface area contributed by atoms with Crippen LogP contribution in [-0.4, -0.2) is 103 Å². The minimum Gasteiger partial charge on any atom is -0.483 e. The van der Waals surface area contributed by atoms with E-state index in [0.29, 0.717) is 12.6 Å². The van der Waals surface area contributed by atoms with Gasteiger partial charge in [0, 0.05) is 128 Å². The Balaban J connectivity index is -0.00000109. The van der Waals surface area contributed by atoms with Crippen LogP contribution in [0.1, 0.15) is 116 Å². The number of carbonyl (C=O) groups excluding carboxylic acids is 2. The molecule has 7 aromatic rings. The molecule has 3 fully saturated rings. The fourth-order valence-electron chi connectivity index (χ4n) is 7.82. The Labute approximate surface area is 629 Å². The molecule has 3 N–H and O–H groups in total. The maximum Gasteiger partial charge on any atom is 0.330 e. The van der Waals surface area contributed by atoms with Crippen LogP contribution in [0.5, 0.6) is 0 Å². The van der Waals surface area contributed by atoms with Gasteiger partial charge in [-0.05, 0) is 213 Å². The van der Waals surface area contributed by atoms with Crippen LogP contribution in [0.25, 0.3) is 12.2 Å². The van der Waals surface area contributed by atoms with Gasteiger partial charge in [0.1, 0.15) is 8.07 Å². The predicted octanol–water partition coefficient (Wildman–Crippen LogP) is 21.2. The van der Waals surface area contributed by atoms with Crippen LogP contribution in [0.4, 0.5) is 28.4 Å². The lowest BCUT2D eigenvalue weighted by atomic mass is 10.1. The Morgan fingerprint density at radius 1 is 0.602 bits per heavy atom. The molecule has 0 bridgehead atoms. The molecule has 0 spiro atoms. The summed E-state index contributed by atoms with van der Waals surface area (Å²) in [7, 11) is 8.96. The quantitative estimate of drug-likeness (QED) is 0.0239. The number of amides is 1. The molecule has 0 saturated heterocycles. The number of carboxylic acid groups (broad SMARTS) is 2. The molecule has 528 valence electrons. The van der Waals surface area contributed by atoms with Crippen molar-refractivity contribution in [2.45, 2.75) is 127 Å². The number of nitrogens with one attached hydrogen (secondary N) is 1. The Morgan fingerprint density at radius 2 is 1.01 bits per heavy atom. The topological polar surface area (TPSA) is 143 Å². The van der Waals surface area contributed by atoms with E-state index >= 15 is 0 Å². The van der Waals surface area contributed by atoms with Crippen LogP contribution in [0.15, 0.2) is 189 Å². The summed E-state index contributed by atoms with van der Waals surface area (Å²) in [6.45, 7) is 10.4. The van der Waals surface area contributed by atoms with Crippen molar-refractivity contribution in [3.05, 3.63) is 226 Å². The first-order valence-corrected chi connectivity index (χ1v) is 37.0. The number of aryl methyl sites for hydroxylation is 1. The average molecular weight is 1660 g/mol. The molecule has 3 aliphatic carbocycles. The molecule has 7 aromatic carbocycles. The highest BCUT2D eigenvalue weighted by Gasteiger charge is 2.28. The van der Waals surface area contributed by atoms with Crippen molar-refractivity contribution in [3.8, 4) is 36.2 Å². The van der Waals surface area contributed by atoms with E-state index in [2.05, 4.69) is 216 Å². The van der Waals surface area contributed by atoms with Gasteiger partial charge in [-0.25, -0.2) is 9.59 Å². The number of aliphatic carboxylic acids is 1. The molecule has 3 saturated carbocycles. The van der Waals surface area contributed by atoms with E-state index in [1.165, 1.54) is 75.7 Å². The first-order valence-electron chi connectivity index (χ1n) is 30.0. The fraction of sp³-hybridized carbons (Fsp3) is 0.309. The summed E-state index contributed by atoms with van der Waals surface area (Å²) in [6.07, 6.45) is 25.1. The average Bonchev–Trinajstić information content (AvgIpc) is 1.19. The van der Waals surface area contributed by atoms with Crippen LogP contribution in [-0.2, 0) is 23.9 Å². The SMILES string of the molecule is C.C.C.C.C.C#C[Si](C)(C)C.C#Cc1cc(N(C)C2CC2)ccc1C.CCOC(=O)/C=C\c1ccc(I)cc1.CN(C=O)c1cccc(Br)c1.CN(c1cccc(Br)c1)C1CC1.CN(c1cccc(C#Cc2ccc(/C=C/C(=O)O)cc2)c1)C1CC1.CNc1cccc(Br)c1.O=CO. The Kier molecular flexibility index (Phi) is 49.5. The number of carboxylic acids is 1. The molecular weight excluding hydrogens is 1550 g/mol. The Morgan fingerprint density at radius 3 is 1.42 bits per heavy atom. The summed E-state index contributed by atoms with van der Waals surface area (Å²) in [5.74, 6) is 7.83. The highest BCUT2D eigenvalue weighted by atomic mass is 127. The first-order chi connectivity index (χ1) is 44.4. The largest absolute Gasteiger partial charge is 0.483 e. The van der Waals surface area contributed by atoms with Crippen molar-refractivity contribution >= 4 is 144 Å². The van der Waals surface area contributed by atoms with Gasteiger partial charge >= 0.3 is 11.9 Å². The minimum absolute atomic E-state index is 0. The zero-order chi connectivity index (χ0) is 68.9. The molecule has 0 atom stereocenters. The van der Waals surface area contributed by atoms with Gasteiger partial charge in [-0.3, -0.25) is 9.59 Å². The van der Waals surface area contributed by atoms with Gasteiger partial charge in [-0.1, -0.05) is 177 Å². The summed E-state index contributed by atoms with van der Waals surface area (Å²) in [6, 6.07) is 56.3. The normalized spacial score (nSPS) is 11.5.